The number of ether oxygens (including phenoxy) is 2. The van der Waals surface area contributed by atoms with Gasteiger partial charge in [0.25, 0.3) is 0 Å². The van der Waals surface area contributed by atoms with Crippen LogP contribution in [0.5, 0.6) is 0 Å². The van der Waals surface area contributed by atoms with Crippen LogP contribution in [0, 0.1) is 16.7 Å². The lowest BCUT2D eigenvalue weighted by Gasteiger charge is -2.43. The van der Waals surface area contributed by atoms with E-state index in [9.17, 15) is 4.79 Å². The Bertz CT molecular complexity index is 285. The van der Waals surface area contributed by atoms with Gasteiger partial charge in [-0.1, -0.05) is 20.8 Å². The minimum Gasteiger partial charge on any atom is -0.468 e. The van der Waals surface area contributed by atoms with E-state index < -0.39 is 5.41 Å². The van der Waals surface area contributed by atoms with Crippen LogP contribution in [0.1, 0.15) is 34.1 Å². The second-order valence-electron chi connectivity index (χ2n) is 6.31. The van der Waals surface area contributed by atoms with Gasteiger partial charge in [-0.05, 0) is 31.2 Å². The number of hydrogen-bond donors (Lipinski definition) is 1. The number of hydrogen-bond acceptors (Lipinski definition) is 4. The highest BCUT2D eigenvalue weighted by atomic mass is 16.5. The van der Waals surface area contributed by atoms with Crippen molar-refractivity contribution in [3.05, 3.63) is 0 Å². The van der Waals surface area contributed by atoms with E-state index in [2.05, 4.69) is 26.1 Å². The number of rotatable bonds is 4. The van der Waals surface area contributed by atoms with Crippen molar-refractivity contribution in [2.24, 2.45) is 16.7 Å². The minimum atomic E-state index is -0.527. The van der Waals surface area contributed by atoms with Gasteiger partial charge in [0.2, 0.25) is 0 Å². The van der Waals surface area contributed by atoms with Crippen molar-refractivity contribution >= 4 is 5.97 Å². The predicted molar refractivity (Wildman–Crippen MR) is 71.4 cm³/mol. The molecule has 1 unspecified atom stereocenters. The van der Waals surface area contributed by atoms with Crippen LogP contribution in [-0.2, 0) is 14.3 Å². The SMILES string of the molecule is CCOC[C@]1(C(=O)OC)CNCC(C(C)(C)C)C1. The average molecular weight is 257 g/mol. The highest BCUT2D eigenvalue weighted by molar-refractivity contribution is 5.77. The van der Waals surface area contributed by atoms with Gasteiger partial charge in [-0.2, -0.15) is 0 Å². The summed E-state index contributed by atoms with van der Waals surface area (Å²) in [5.74, 6) is 0.295. The molecule has 0 spiro atoms. The molecular formula is C14H27NO3. The number of methoxy groups -OCH3 is 1. The van der Waals surface area contributed by atoms with Crippen LogP contribution in [-0.4, -0.2) is 39.4 Å². The van der Waals surface area contributed by atoms with Crippen molar-refractivity contribution in [2.75, 3.05) is 33.4 Å². The molecule has 0 saturated carbocycles. The predicted octanol–water partition coefficient (Wildman–Crippen LogP) is 1.84. The van der Waals surface area contributed by atoms with Crippen molar-refractivity contribution < 1.29 is 14.3 Å². The maximum Gasteiger partial charge on any atom is 0.315 e. The van der Waals surface area contributed by atoms with Gasteiger partial charge in [-0.3, -0.25) is 4.79 Å². The fourth-order valence-corrected chi connectivity index (χ4v) is 2.55. The van der Waals surface area contributed by atoms with Gasteiger partial charge in [-0.15, -0.1) is 0 Å². The number of carbonyl (C=O) groups excluding carboxylic acids is 1. The largest absolute Gasteiger partial charge is 0.468 e. The second kappa shape index (κ2) is 6.02. The zero-order valence-electron chi connectivity index (χ0n) is 12.3. The molecule has 1 aliphatic heterocycles. The van der Waals surface area contributed by atoms with E-state index in [1.807, 2.05) is 6.92 Å². The molecule has 4 nitrogen and oxygen atoms in total. The van der Waals surface area contributed by atoms with Gasteiger partial charge in [0.15, 0.2) is 0 Å². The first kappa shape index (κ1) is 15.4. The first-order chi connectivity index (χ1) is 8.35. The van der Waals surface area contributed by atoms with Gasteiger partial charge >= 0.3 is 5.97 Å². The summed E-state index contributed by atoms with van der Waals surface area (Å²) in [6.45, 7) is 11.3. The highest BCUT2D eigenvalue weighted by Crippen LogP contribution is 2.39. The molecule has 1 fully saturated rings. The summed E-state index contributed by atoms with van der Waals surface area (Å²) in [6, 6.07) is 0. The van der Waals surface area contributed by atoms with Crippen LogP contribution in [0.3, 0.4) is 0 Å². The molecule has 1 saturated heterocycles. The van der Waals surface area contributed by atoms with Crippen LogP contribution < -0.4 is 5.32 Å². The molecule has 0 radical (unpaired) electrons. The molecule has 2 atom stereocenters. The fraction of sp³-hybridized carbons (Fsp3) is 0.929. The van der Waals surface area contributed by atoms with Crippen LogP contribution in [0.4, 0.5) is 0 Å². The van der Waals surface area contributed by atoms with Crippen molar-refractivity contribution in [1.29, 1.82) is 0 Å². The van der Waals surface area contributed by atoms with Gasteiger partial charge in [0, 0.05) is 13.2 Å². The second-order valence-corrected chi connectivity index (χ2v) is 6.31. The molecule has 0 aromatic rings. The Hall–Kier alpha value is -0.610. The van der Waals surface area contributed by atoms with Gasteiger partial charge in [0.05, 0.1) is 13.7 Å². The van der Waals surface area contributed by atoms with Gasteiger partial charge < -0.3 is 14.8 Å². The molecular weight excluding hydrogens is 230 g/mol. The number of carbonyl (C=O) groups is 1. The Morgan fingerprint density at radius 2 is 2.11 bits per heavy atom. The monoisotopic (exact) mass is 257 g/mol. The Labute approximate surface area is 110 Å². The third kappa shape index (κ3) is 3.45. The number of piperidine rings is 1. The smallest absolute Gasteiger partial charge is 0.315 e. The third-order valence-electron chi connectivity index (χ3n) is 3.92. The third-order valence-corrected chi connectivity index (χ3v) is 3.92. The summed E-state index contributed by atoms with van der Waals surface area (Å²) < 4.78 is 10.5. The Morgan fingerprint density at radius 1 is 1.44 bits per heavy atom. The molecule has 1 N–H and O–H groups in total. The number of esters is 1. The van der Waals surface area contributed by atoms with Gasteiger partial charge in [-0.25, -0.2) is 0 Å². The van der Waals surface area contributed by atoms with E-state index in [0.717, 1.165) is 13.0 Å². The summed E-state index contributed by atoms with van der Waals surface area (Å²) in [4.78, 5) is 12.1. The van der Waals surface area contributed by atoms with Crippen molar-refractivity contribution in [1.82, 2.24) is 5.32 Å². The fourth-order valence-electron chi connectivity index (χ4n) is 2.55. The quantitative estimate of drug-likeness (QED) is 0.781. The first-order valence-electron chi connectivity index (χ1n) is 6.72. The molecule has 18 heavy (non-hydrogen) atoms. The zero-order valence-corrected chi connectivity index (χ0v) is 12.3. The molecule has 0 aromatic carbocycles. The first-order valence-corrected chi connectivity index (χ1v) is 6.72. The standard InChI is InChI=1S/C14H27NO3/c1-6-18-10-14(12(16)17-5)7-11(8-15-9-14)13(2,3)4/h11,15H,6-10H2,1-5H3/t11?,14-/m1/s1. The van der Waals surface area contributed by atoms with Crippen LogP contribution in [0.25, 0.3) is 0 Å². The van der Waals surface area contributed by atoms with Crippen molar-refractivity contribution in [2.45, 2.75) is 34.1 Å². The minimum absolute atomic E-state index is 0.155. The molecule has 1 aliphatic rings. The normalized spacial score (nSPS) is 29.1. The van der Waals surface area contributed by atoms with Crippen molar-refractivity contribution in [3.63, 3.8) is 0 Å². The topological polar surface area (TPSA) is 47.6 Å². The molecule has 4 heteroatoms. The molecule has 0 aliphatic carbocycles. The molecule has 0 amide bonds. The Kier molecular flexibility index (Phi) is 5.17. The highest BCUT2D eigenvalue weighted by Gasteiger charge is 2.46. The maximum absolute atomic E-state index is 12.1. The Balaban J connectivity index is 2.85. The average Bonchev–Trinajstić information content (AvgIpc) is 2.34. The lowest BCUT2D eigenvalue weighted by molar-refractivity contribution is -0.160. The number of nitrogens with one attached hydrogen (secondary N) is 1. The summed E-state index contributed by atoms with van der Waals surface area (Å²) in [6.07, 6.45) is 0.830. The van der Waals surface area contributed by atoms with E-state index in [0.29, 0.717) is 25.7 Å². The molecule has 1 rings (SSSR count). The van der Waals surface area contributed by atoms with E-state index in [1.54, 1.807) is 0 Å². The molecule has 106 valence electrons. The molecule has 0 bridgehead atoms. The zero-order chi connectivity index (χ0) is 13.8. The van der Waals surface area contributed by atoms with Gasteiger partial charge in [0.1, 0.15) is 5.41 Å². The maximum atomic E-state index is 12.1. The van der Waals surface area contributed by atoms with Crippen LogP contribution >= 0.6 is 0 Å². The van der Waals surface area contributed by atoms with E-state index >= 15 is 0 Å². The summed E-state index contributed by atoms with van der Waals surface area (Å²) in [5.41, 5.74) is -0.347. The summed E-state index contributed by atoms with van der Waals surface area (Å²) in [7, 11) is 1.46. The lowest BCUT2D eigenvalue weighted by atomic mass is 9.68. The van der Waals surface area contributed by atoms with Crippen molar-refractivity contribution in [3.8, 4) is 0 Å². The van der Waals surface area contributed by atoms with E-state index in [1.165, 1.54) is 7.11 Å². The summed E-state index contributed by atoms with van der Waals surface area (Å²) >= 11 is 0. The van der Waals surface area contributed by atoms with E-state index in [-0.39, 0.29) is 11.4 Å². The Morgan fingerprint density at radius 3 is 2.61 bits per heavy atom. The van der Waals surface area contributed by atoms with Crippen LogP contribution in [0.2, 0.25) is 0 Å². The molecule has 0 aromatic heterocycles. The van der Waals surface area contributed by atoms with E-state index in [4.69, 9.17) is 9.47 Å². The summed E-state index contributed by atoms with van der Waals surface area (Å²) in [5, 5.41) is 3.38. The lowest BCUT2D eigenvalue weighted by Crippen LogP contribution is -2.54. The molecule has 1 heterocycles. The van der Waals surface area contributed by atoms with Crippen LogP contribution in [0.15, 0.2) is 0 Å².